The maximum atomic E-state index is 13.8. The Balaban J connectivity index is 2.20. The zero-order valence-corrected chi connectivity index (χ0v) is 12.4. The molecule has 1 saturated carbocycles. The summed E-state index contributed by atoms with van der Waals surface area (Å²) in [4.78, 5) is -0.425. The first-order valence-electron chi connectivity index (χ1n) is 6.40. The second-order valence-corrected chi connectivity index (χ2v) is 6.94. The topological polar surface area (TPSA) is 81.4 Å². The molecule has 2 rings (SSSR count). The monoisotopic (exact) mass is 302 g/mol. The van der Waals surface area contributed by atoms with Gasteiger partial charge in [0.2, 0.25) is 10.0 Å². The minimum Gasteiger partial charge on any atom is -0.398 e. The van der Waals surface area contributed by atoms with E-state index in [-0.39, 0.29) is 12.2 Å². The zero-order chi connectivity index (χ0) is 15.0. The Morgan fingerprint density at radius 1 is 1.45 bits per heavy atom. The van der Waals surface area contributed by atoms with Crippen molar-refractivity contribution in [1.29, 1.82) is 0 Å². The fourth-order valence-corrected chi connectivity index (χ4v) is 3.41. The second-order valence-electron chi connectivity index (χ2n) is 5.20. The summed E-state index contributed by atoms with van der Waals surface area (Å²) in [5, 5.41) is 0. The first-order valence-corrected chi connectivity index (χ1v) is 7.88. The molecule has 20 heavy (non-hydrogen) atoms. The molecule has 3 N–H and O–H groups in total. The van der Waals surface area contributed by atoms with Crippen molar-refractivity contribution < 1.29 is 17.5 Å². The molecule has 0 spiro atoms. The van der Waals surface area contributed by atoms with Crippen LogP contribution in [0.3, 0.4) is 0 Å². The van der Waals surface area contributed by atoms with E-state index in [1.54, 1.807) is 14.0 Å². The Morgan fingerprint density at radius 3 is 2.60 bits per heavy atom. The predicted molar refractivity (Wildman–Crippen MR) is 74.3 cm³/mol. The van der Waals surface area contributed by atoms with Gasteiger partial charge in [-0.1, -0.05) is 0 Å². The summed E-state index contributed by atoms with van der Waals surface area (Å²) < 4.78 is 45.9. The number of halogens is 1. The molecular weight excluding hydrogens is 283 g/mol. The normalized spacial score (nSPS) is 17.8. The fraction of sp³-hybridized carbons (Fsp3) is 0.538. The van der Waals surface area contributed by atoms with Crippen molar-refractivity contribution in [2.75, 3.05) is 19.4 Å². The van der Waals surface area contributed by atoms with Crippen LogP contribution in [-0.4, -0.2) is 27.7 Å². The van der Waals surface area contributed by atoms with Crippen molar-refractivity contribution in [2.45, 2.75) is 36.7 Å². The number of ether oxygens (including phenoxy) is 1. The quantitative estimate of drug-likeness (QED) is 0.809. The highest BCUT2D eigenvalue weighted by atomic mass is 32.2. The van der Waals surface area contributed by atoms with E-state index < -0.39 is 26.3 Å². The Labute approximate surface area is 118 Å². The fourth-order valence-electron chi connectivity index (χ4n) is 2.20. The van der Waals surface area contributed by atoms with Gasteiger partial charge in [0.05, 0.1) is 5.60 Å². The molecule has 0 radical (unpaired) electrons. The van der Waals surface area contributed by atoms with Crippen LogP contribution in [0.25, 0.3) is 0 Å². The number of benzene rings is 1. The van der Waals surface area contributed by atoms with E-state index in [0.717, 1.165) is 31.4 Å². The highest BCUT2D eigenvalue weighted by Gasteiger charge is 2.38. The van der Waals surface area contributed by atoms with E-state index in [4.69, 9.17) is 10.5 Å². The molecule has 1 aliphatic rings. The van der Waals surface area contributed by atoms with Crippen LogP contribution >= 0.6 is 0 Å². The first kappa shape index (κ1) is 15.2. The lowest BCUT2D eigenvalue weighted by Gasteiger charge is -2.40. The molecule has 1 fully saturated rings. The molecule has 0 amide bonds. The lowest BCUT2D eigenvalue weighted by Crippen LogP contribution is -2.49. The predicted octanol–water partition coefficient (Wildman–Crippen LogP) is 1.56. The number of nitrogen functional groups attached to an aromatic ring is 1. The number of aryl methyl sites for hydroxylation is 1. The summed E-state index contributed by atoms with van der Waals surface area (Å²) in [6.45, 7) is 1.76. The Kier molecular flexibility index (Phi) is 4.04. The molecule has 112 valence electrons. The van der Waals surface area contributed by atoms with Crippen LogP contribution < -0.4 is 10.5 Å². The summed E-state index contributed by atoms with van der Waals surface area (Å²) in [5.74, 6) is -0.802. The summed E-state index contributed by atoms with van der Waals surface area (Å²) in [6.07, 6.45) is 2.59. The average molecular weight is 302 g/mol. The molecule has 0 aromatic heterocycles. The van der Waals surface area contributed by atoms with Gasteiger partial charge in [-0.2, -0.15) is 0 Å². The molecule has 7 heteroatoms. The van der Waals surface area contributed by atoms with Gasteiger partial charge >= 0.3 is 0 Å². The molecule has 0 unspecified atom stereocenters. The SMILES string of the molecule is COC1(CNS(=O)(=O)c2cc(N)c(C)cc2F)CCC1. The molecule has 5 nitrogen and oxygen atoms in total. The van der Waals surface area contributed by atoms with Crippen molar-refractivity contribution >= 4 is 15.7 Å². The summed E-state index contributed by atoms with van der Waals surface area (Å²) >= 11 is 0. The lowest BCUT2D eigenvalue weighted by molar-refractivity contribution is -0.0659. The van der Waals surface area contributed by atoms with E-state index in [1.807, 2.05) is 0 Å². The smallest absolute Gasteiger partial charge is 0.243 e. The van der Waals surface area contributed by atoms with E-state index in [2.05, 4.69) is 4.72 Å². The molecule has 0 bridgehead atoms. The molecule has 0 heterocycles. The van der Waals surface area contributed by atoms with E-state index >= 15 is 0 Å². The molecule has 0 saturated heterocycles. The van der Waals surface area contributed by atoms with Gasteiger partial charge in [0.15, 0.2) is 0 Å². The van der Waals surface area contributed by atoms with Gasteiger partial charge in [0, 0.05) is 19.3 Å². The van der Waals surface area contributed by atoms with E-state index in [9.17, 15) is 12.8 Å². The van der Waals surface area contributed by atoms with Crippen molar-refractivity contribution in [3.63, 3.8) is 0 Å². The number of hydrogen-bond donors (Lipinski definition) is 2. The molecule has 1 aliphatic carbocycles. The Morgan fingerprint density at radius 2 is 2.10 bits per heavy atom. The van der Waals surface area contributed by atoms with Gasteiger partial charge < -0.3 is 10.5 Å². The third-order valence-corrected chi connectivity index (χ3v) is 5.31. The van der Waals surface area contributed by atoms with Gasteiger partial charge in [-0.05, 0) is 43.9 Å². The average Bonchev–Trinajstić information content (AvgIpc) is 2.32. The molecular formula is C13H19FN2O3S. The van der Waals surface area contributed by atoms with Gasteiger partial charge in [-0.25, -0.2) is 17.5 Å². The lowest BCUT2D eigenvalue weighted by atomic mass is 9.80. The van der Waals surface area contributed by atoms with Crippen LogP contribution in [0.15, 0.2) is 17.0 Å². The Hall–Kier alpha value is -1.18. The highest BCUT2D eigenvalue weighted by Crippen LogP contribution is 2.34. The maximum absolute atomic E-state index is 13.8. The number of sulfonamides is 1. The molecule has 0 atom stereocenters. The van der Waals surface area contributed by atoms with Crippen molar-refractivity contribution in [3.8, 4) is 0 Å². The highest BCUT2D eigenvalue weighted by molar-refractivity contribution is 7.89. The number of anilines is 1. The third-order valence-electron chi connectivity index (χ3n) is 3.89. The standard InChI is InChI=1S/C13H19FN2O3S/c1-9-6-10(14)12(7-11(9)15)20(17,18)16-8-13(19-2)4-3-5-13/h6-7,16H,3-5,8,15H2,1-2H3. The number of methoxy groups -OCH3 is 1. The zero-order valence-electron chi connectivity index (χ0n) is 11.6. The van der Waals surface area contributed by atoms with E-state index in [1.165, 1.54) is 0 Å². The van der Waals surface area contributed by atoms with Crippen LogP contribution in [0.5, 0.6) is 0 Å². The van der Waals surface area contributed by atoms with Crippen molar-refractivity contribution in [3.05, 3.63) is 23.5 Å². The van der Waals surface area contributed by atoms with Crippen molar-refractivity contribution in [2.24, 2.45) is 0 Å². The van der Waals surface area contributed by atoms with Crippen LogP contribution in [0.2, 0.25) is 0 Å². The number of nitrogens with two attached hydrogens (primary N) is 1. The number of rotatable bonds is 5. The van der Waals surface area contributed by atoms with Crippen molar-refractivity contribution in [1.82, 2.24) is 4.72 Å². The first-order chi connectivity index (χ1) is 9.30. The number of hydrogen-bond acceptors (Lipinski definition) is 4. The van der Waals surface area contributed by atoms with Crippen LogP contribution in [0.4, 0.5) is 10.1 Å². The summed E-state index contributed by atoms with van der Waals surface area (Å²) in [7, 11) is -2.38. The molecule has 0 aliphatic heterocycles. The molecule has 1 aromatic carbocycles. The second kappa shape index (κ2) is 5.31. The van der Waals surface area contributed by atoms with Crippen LogP contribution in [0, 0.1) is 12.7 Å². The summed E-state index contributed by atoms with van der Waals surface area (Å²) in [5.41, 5.74) is 5.94. The number of nitrogens with one attached hydrogen (secondary N) is 1. The van der Waals surface area contributed by atoms with Gasteiger partial charge in [-0.15, -0.1) is 0 Å². The van der Waals surface area contributed by atoms with Crippen LogP contribution in [-0.2, 0) is 14.8 Å². The molecule has 1 aromatic rings. The Bertz CT molecular complexity index is 607. The summed E-state index contributed by atoms with van der Waals surface area (Å²) in [6, 6.07) is 2.27. The maximum Gasteiger partial charge on any atom is 0.243 e. The van der Waals surface area contributed by atoms with Gasteiger partial charge in [0.1, 0.15) is 10.7 Å². The minimum absolute atomic E-state index is 0.138. The third kappa shape index (κ3) is 2.79. The van der Waals surface area contributed by atoms with Gasteiger partial charge in [0.25, 0.3) is 0 Å². The van der Waals surface area contributed by atoms with Gasteiger partial charge in [-0.3, -0.25) is 0 Å². The van der Waals surface area contributed by atoms with E-state index in [0.29, 0.717) is 5.56 Å². The minimum atomic E-state index is -3.93. The van der Waals surface area contributed by atoms with Crippen LogP contribution in [0.1, 0.15) is 24.8 Å². The largest absolute Gasteiger partial charge is 0.398 e.